The second-order valence-corrected chi connectivity index (χ2v) is 3.63. The Labute approximate surface area is 107 Å². The zero-order valence-corrected chi connectivity index (χ0v) is 9.41. The summed E-state index contributed by atoms with van der Waals surface area (Å²) in [6.45, 7) is -3.20. The molecule has 0 heterocycles. The van der Waals surface area contributed by atoms with Gasteiger partial charge in [-0.1, -0.05) is 0 Å². The second-order valence-electron chi connectivity index (χ2n) is 3.16. The molecule has 0 radical (unpaired) electrons. The molecule has 0 saturated heterocycles. The predicted molar refractivity (Wildman–Crippen MR) is 41.9 cm³/mol. The molecule has 0 unspecified atom stereocenters. The average Bonchev–Trinajstić information content (AvgIpc) is 2.23. The first-order chi connectivity index (χ1) is 8.56. The number of hydrogen-bond donors (Lipinski definition) is 0. The monoisotopic (exact) mass is 346 g/mol. The van der Waals surface area contributed by atoms with Crippen LogP contribution in [-0.2, 0) is 4.74 Å². The molecule has 0 fully saturated rings. The Morgan fingerprint density at radius 2 is 1.25 bits per heavy atom. The molecule has 120 valence electrons. The van der Waals surface area contributed by atoms with Crippen LogP contribution in [0, 0.1) is 0 Å². The highest BCUT2D eigenvalue weighted by Crippen LogP contribution is 2.45. The van der Waals surface area contributed by atoms with Crippen molar-refractivity contribution >= 4 is 11.6 Å². The van der Waals surface area contributed by atoms with Gasteiger partial charge in [0.25, 0.3) is 0 Å². The van der Waals surface area contributed by atoms with Gasteiger partial charge in [0.15, 0.2) is 0 Å². The fourth-order valence-electron chi connectivity index (χ4n) is 0.633. The Bertz CT molecular complexity index is 381. The van der Waals surface area contributed by atoms with Gasteiger partial charge in [0.05, 0.1) is 0 Å². The first kappa shape index (κ1) is 19.2. The highest BCUT2D eigenvalue weighted by Gasteiger charge is 2.65. The van der Waals surface area contributed by atoms with E-state index < -0.39 is 41.8 Å². The SMILES string of the molecule is FC(F)=C(F)C(F)(F)C(F)(F)COC(F)(F)C(F)(F)Cl. The van der Waals surface area contributed by atoms with Gasteiger partial charge in [-0.25, -0.2) is 0 Å². The summed E-state index contributed by atoms with van der Waals surface area (Å²) in [5.41, 5.74) is 0. The normalized spacial score (nSPS) is 14.4. The van der Waals surface area contributed by atoms with E-state index in [1.165, 1.54) is 0 Å². The third-order valence-corrected chi connectivity index (χ3v) is 1.89. The number of ether oxygens (including phenoxy) is 1. The van der Waals surface area contributed by atoms with Crippen molar-refractivity contribution in [2.24, 2.45) is 0 Å². The summed E-state index contributed by atoms with van der Waals surface area (Å²) in [6, 6.07) is 0. The van der Waals surface area contributed by atoms with Crippen LogP contribution < -0.4 is 0 Å². The van der Waals surface area contributed by atoms with Crippen LogP contribution in [0.5, 0.6) is 0 Å². The molecule has 0 spiro atoms. The van der Waals surface area contributed by atoms with Gasteiger partial charge in [-0.2, -0.15) is 48.3 Å². The lowest BCUT2D eigenvalue weighted by atomic mass is 10.1. The van der Waals surface area contributed by atoms with E-state index in [2.05, 4.69) is 16.3 Å². The van der Waals surface area contributed by atoms with Crippen LogP contribution in [0.15, 0.2) is 11.9 Å². The van der Waals surface area contributed by atoms with Gasteiger partial charge < -0.3 is 4.74 Å². The zero-order valence-electron chi connectivity index (χ0n) is 8.65. The summed E-state index contributed by atoms with van der Waals surface area (Å²) >= 11 is 3.74. The molecule has 0 aromatic heterocycles. The van der Waals surface area contributed by atoms with E-state index in [9.17, 15) is 48.3 Å². The molecule has 13 heteroatoms. The van der Waals surface area contributed by atoms with Crippen LogP contribution in [0.3, 0.4) is 0 Å². The van der Waals surface area contributed by atoms with Crippen LogP contribution in [-0.4, -0.2) is 29.9 Å². The van der Waals surface area contributed by atoms with E-state index in [0.29, 0.717) is 0 Å². The fourth-order valence-corrected chi connectivity index (χ4v) is 0.688. The van der Waals surface area contributed by atoms with Gasteiger partial charge >= 0.3 is 29.4 Å². The van der Waals surface area contributed by atoms with Crippen molar-refractivity contribution in [1.82, 2.24) is 0 Å². The zero-order chi connectivity index (χ0) is 16.6. The Morgan fingerprint density at radius 1 is 0.850 bits per heavy atom. The van der Waals surface area contributed by atoms with Crippen molar-refractivity contribution in [2.75, 3.05) is 6.61 Å². The molecule has 0 N–H and O–H groups in total. The Hall–Kier alpha value is -0.780. The summed E-state index contributed by atoms with van der Waals surface area (Å²) in [5, 5.41) is -5.54. The summed E-state index contributed by atoms with van der Waals surface area (Å²) in [4.78, 5) is 0. The Balaban J connectivity index is 5.16. The molecule has 0 aliphatic rings. The minimum atomic E-state index is -6.25. The first-order valence-electron chi connectivity index (χ1n) is 4.11. The van der Waals surface area contributed by atoms with Crippen LogP contribution in [0.1, 0.15) is 0 Å². The fraction of sp³-hybridized carbons (Fsp3) is 0.714. The van der Waals surface area contributed by atoms with Gasteiger partial charge in [-0.05, 0) is 11.6 Å². The highest BCUT2D eigenvalue weighted by molar-refractivity contribution is 6.22. The van der Waals surface area contributed by atoms with Gasteiger partial charge in [-0.3, -0.25) is 0 Å². The lowest BCUT2D eigenvalue weighted by Crippen LogP contribution is -2.49. The van der Waals surface area contributed by atoms with Crippen molar-refractivity contribution in [3.05, 3.63) is 11.9 Å². The molecule has 0 rings (SSSR count). The highest BCUT2D eigenvalue weighted by atomic mass is 35.5. The van der Waals surface area contributed by atoms with E-state index in [0.717, 1.165) is 0 Å². The van der Waals surface area contributed by atoms with E-state index in [1.807, 2.05) is 0 Å². The smallest absolute Gasteiger partial charge is 0.308 e. The summed E-state index contributed by atoms with van der Waals surface area (Å²) in [5.74, 6) is -16.1. The number of allylic oxidation sites excluding steroid dienone is 1. The summed E-state index contributed by atoms with van der Waals surface area (Å²) in [7, 11) is 0. The molecule has 0 aromatic carbocycles. The van der Waals surface area contributed by atoms with E-state index in [1.54, 1.807) is 0 Å². The number of rotatable bonds is 6. The van der Waals surface area contributed by atoms with Gasteiger partial charge in [0.2, 0.25) is 5.83 Å². The molecule has 0 aliphatic heterocycles. The van der Waals surface area contributed by atoms with Crippen LogP contribution in [0.4, 0.5) is 48.3 Å². The first-order valence-corrected chi connectivity index (χ1v) is 4.49. The van der Waals surface area contributed by atoms with Crippen molar-refractivity contribution < 1.29 is 53.0 Å². The molecule has 0 aliphatic carbocycles. The lowest BCUT2D eigenvalue weighted by molar-refractivity contribution is -0.345. The largest absolute Gasteiger partial charge is 0.435 e. The predicted octanol–water partition coefficient (Wildman–Crippen LogP) is 4.78. The van der Waals surface area contributed by atoms with Crippen molar-refractivity contribution in [2.45, 2.75) is 23.3 Å². The quantitative estimate of drug-likeness (QED) is 0.497. The molecule has 20 heavy (non-hydrogen) atoms. The lowest BCUT2D eigenvalue weighted by Gasteiger charge is -2.27. The topological polar surface area (TPSA) is 9.23 Å². The molecule has 0 saturated carbocycles. The van der Waals surface area contributed by atoms with Crippen molar-refractivity contribution in [1.29, 1.82) is 0 Å². The molecule has 1 nitrogen and oxygen atoms in total. The Morgan fingerprint density at radius 3 is 1.55 bits per heavy atom. The molecule has 0 amide bonds. The third-order valence-electron chi connectivity index (χ3n) is 1.67. The van der Waals surface area contributed by atoms with Crippen molar-refractivity contribution in [3.8, 4) is 0 Å². The van der Waals surface area contributed by atoms with Gasteiger partial charge in [-0.15, -0.1) is 0 Å². The van der Waals surface area contributed by atoms with E-state index >= 15 is 0 Å². The summed E-state index contributed by atoms with van der Waals surface area (Å²) in [6.07, 6.45) is -9.66. The van der Waals surface area contributed by atoms with Crippen LogP contribution in [0.2, 0.25) is 0 Å². The van der Waals surface area contributed by atoms with Crippen LogP contribution in [0.25, 0.3) is 0 Å². The number of halogens is 12. The maximum atomic E-state index is 12.6. The minimum Gasteiger partial charge on any atom is -0.308 e. The molecular formula is C7H2ClF11O. The average molecular weight is 347 g/mol. The second kappa shape index (κ2) is 5.54. The maximum Gasteiger partial charge on any atom is 0.435 e. The van der Waals surface area contributed by atoms with Crippen molar-refractivity contribution in [3.63, 3.8) is 0 Å². The van der Waals surface area contributed by atoms with Gasteiger partial charge in [0, 0.05) is 0 Å². The summed E-state index contributed by atoms with van der Waals surface area (Å²) < 4.78 is 136. The van der Waals surface area contributed by atoms with Gasteiger partial charge in [0.1, 0.15) is 6.61 Å². The number of hydrogen-bond acceptors (Lipinski definition) is 1. The molecular weight excluding hydrogens is 345 g/mol. The number of alkyl halides is 9. The standard InChI is InChI=1S/C7H2ClF11O/c8-6(16,17)7(18,19)20-1-4(12,13)5(14,15)2(9)3(10)11/h1H2. The van der Waals surface area contributed by atoms with Crippen LogP contribution >= 0.6 is 11.6 Å². The third kappa shape index (κ3) is 3.87. The molecule has 0 atom stereocenters. The molecule has 0 bridgehead atoms. The van der Waals surface area contributed by atoms with E-state index in [4.69, 9.17) is 0 Å². The molecule has 0 aromatic rings. The maximum absolute atomic E-state index is 12.6. The van der Waals surface area contributed by atoms with E-state index in [-0.39, 0.29) is 0 Å². The minimum absolute atomic E-state index is 2.50. The Kier molecular flexibility index (Phi) is 5.33.